The summed E-state index contributed by atoms with van der Waals surface area (Å²) in [6, 6.07) is 0.208. The molecule has 1 atom stereocenters. The van der Waals surface area contributed by atoms with Crippen molar-refractivity contribution in [3.63, 3.8) is 0 Å². The highest BCUT2D eigenvalue weighted by atomic mass is 16.2. The zero-order valence-corrected chi connectivity index (χ0v) is 13.4. The summed E-state index contributed by atoms with van der Waals surface area (Å²) in [4.78, 5) is 23.1. The maximum absolute atomic E-state index is 12.0. The van der Waals surface area contributed by atoms with Crippen LogP contribution in [0.3, 0.4) is 0 Å². The van der Waals surface area contributed by atoms with E-state index in [9.17, 15) is 9.59 Å². The minimum absolute atomic E-state index is 0.00646. The fraction of sp³-hybridized carbons (Fsp3) is 0.875. The van der Waals surface area contributed by atoms with E-state index >= 15 is 0 Å². The highest BCUT2D eigenvalue weighted by molar-refractivity contribution is 5.77. The lowest BCUT2D eigenvalue weighted by molar-refractivity contribution is -0.123. The Kier molecular flexibility index (Phi) is 7.72. The van der Waals surface area contributed by atoms with Crippen LogP contribution in [0, 0.1) is 17.8 Å². The van der Waals surface area contributed by atoms with Gasteiger partial charge in [0, 0.05) is 18.4 Å². The van der Waals surface area contributed by atoms with Crippen LogP contribution < -0.4 is 16.8 Å². The second kappa shape index (κ2) is 9.03. The Balaban J connectivity index is 2.26. The molecule has 0 saturated heterocycles. The highest BCUT2D eigenvalue weighted by Gasteiger charge is 2.25. The van der Waals surface area contributed by atoms with Gasteiger partial charge >= 0.3 is 0 Å². The summed E-state index contributed by atoms with van der Waals surface area (Å²) in [5, 5.41) is 3.09. The second-order valence-electron chi connectivity index (χ2n) is 6.64. The maximum atomic E-state index is 12.0. The molecule has 5 nitrogen and oxygen atoms in total. The van der Waals surface area contributed by atoms with Crippen LogP contribution in [0.1, 0.15) is 58.8 Å². The zero-order valence-electron chi connectivity index (χ0n) is 13.4. The van der Waals surface area contributed by atoms with Crippen molar-refractivity contribution in [2.75, 3.05) is 6.54 Å². The van der Waals surface area contributed by atoms with Gasteiger partial charge in [-0.1, -0.05) is 13.8 Å². The lowest BCUT2D eigenvalue weighted by Gasteiger charge is -2.27. The van der Waals surface area contributed by atoms with Crippen LogP contribution >= 0.6 is 0 Å². The van der Waals surface area contributed by atoms with Gasteiger partial charge in [-0.05, 0) is 56.9 Å². The van der Waals surface area contributed by atoms with Gasteiger partial charge in [-0.25, -0.2) is 0 Å². The van der Waals surface area contributed by atoms with Gasteiger partial charge in [0.25, 0.3) is 0 Å². The molecule has 122 valence electrons. The number of primary amides is 1. The van der Waals surface area contributed by atoms with Crippen LogP contribution in [-0.4, -0.2) is 24.4 Å². The van der Waals surface area contributed by atoms with E-state index in [-0.39, 0.29) is 23.8 Å². The van der Waals surface area contributed by atoms with E-state index in [4.69, 9.17) is 11.5 Å². The third-order valence-electron chi connectivity index (χ3n) is 4.72. The molecule has 1 aliphatic carbocycles. The number of carbonyl (C=O) groups excluding carboxylic acids is 2. The van der Waals surface area contributed by atoms with E-state index in [2.05, 4.69) is 19.2 Å². The first-order valence-corrected chi connectivity index (χ1v) is 8.22. The van der Waals surface area contributed by atoms with E-state index in [0.717, 1.165) is 38.5 Å². The summed E-state index contributed by atoms with van der Waals surface area (Å²) in [5.41, 5.74) is 10.9. The van der Waals surface area contributed by atoms with Crippen molar-refractivity contribution in [3.05, 3.63) is 0 Å². The molecule has 1 saturated carbocycles. The largest absolute Gasteiger partial charge is 0.369 e. The monoisotopic (exact) mass is 297 g/mol. The Hall–Kier alpha value is -1.10. The Labute approximate surface area is 128 Å². The normalized spacial score (nSPS) is 23.8. The molecule has 0 aromatic rings. The van der Waals surface area contributed by atoms with Gasteiger partial charge in [0.15, 0.2) is 0 Å². The van der Waals surface area contributed by atoms with Crippen LogP contribution in [0.2, 0.25) is 0 Å². The highest BCUT2D eigenvalue weighted by Crippen LogP contribution is 2.24. The molecule has 1 aliphatic rings. The third-order valence-corrected chi connectivity index (χ3v) is 4.72. The van der Waals surface area contributed by atoms with Crippen LogP contribution in [0.4, 0.5) is 0 Å². The van der Waals surface area contributed by atoms with Gasteiger partial charge in [0.2, 0.25) is 11.8 Å². The minimum atomic E-state index is -0.207. The summed E-state index contributed by atoms with van der Waals surface area (Å²) < 4.78 is 0. The molecule has 0 heterocycles. The molecule has 1 unspecified atom stereocenters. The van der Waals surface area contributed by atoms with Gasteiger partial charge in [-0.15, -0.1) is 0 Å². The summed E-state index contributed by atoms with van der Waals surface area (Å²) in [6.07, 6.45) is 5.75. The molecular weight excluding hydrogens is 266 g/mol. The maximum Gasteiger partial charge on any atom is 0.220 e. The quantitative estimate of drug-likeness (QED) is 0.634. The predicted molar refractivity (Wildman–Crippen MR) is 84.3 cm³/mol. The molecule has 2 amide bonds. The summed E-state index contributed by atoms with van der Waals surface area (Å²) in [6.45, 7) is 5.05. The molecule has 0 aliphatic heterocycles. The van der Waals surface area contributed by atoms with Crippen molar-refractivity contribution in [1.29, 1.82) is 0 Å². The van der Waals surface area contributed by atoms with Crippen molar-refractivity contribution in [2.24, 2.45) is 29.2 Å². The Morgan fingerprint density at radius 2 is 1.76 bits per heavy atom. The molecule has 0 aromatic heterocycles. The Morgan fingerprint density at radius 1 is 1.14 bits per heavy atom. The van der Waals surface area contributed by atoms with E-state index < -0.39 is 0 Å². The SMILES string of the molecule is CC(C)C(CCN)CCC(=O)NC1CCC(C(N)=O)CC1. The summed E-state index contributed by atoms with van der Waals surface area (Å²) in [7, 11) is 0. The van der Waals surface area contributed by atoms with Crippen molar-refractivity contribution in [2.45, 2.75) is 64.8 Å². The molecule has 5 heteroatoms. The third kappa shape index (κ3) is 6.46. The number of hydrogen-bond donors (Lipinski definition) is 3. The fourth-order valence-corrected chi connectivity index (χ4v) is 3.16. The number of nitrogens with one attached hydrogen (secondary N) is 1. The van der Waals surface area contributed by atoms with Gasteiger partial charge < -0.3 is 16.8 Å². The van der Waals surface area contributed by atoms with Crippen molar-refractivity contribution in [1.82, 2.24) is 5.32 Å². The molecule has 0 aromatic carbocycles. The number of hydrogen-bond acceptors (Lipinski definition) is 3. The zero-order chi connectivity index (χ0) is 15.8. The minimum Gasteiger partial charge on any atom is -0.369 e. The lowest BCUT2D eigenvalue weighted by Crippen LogP contribution is -2.39. The van der Waals surface area contributed by atoms with Crippen molar-refractivity contribution < 1.29 is 9.59 Å². The first-order chi connectivity index (χ1) is 9.93. The van der Waals surface area contributed by atoms with Crippen molar-refractivity contribution in [3.8, 4) is 0 Å². The topological polar surface area (TPSA) is 98.2 Å². The van der Waals surface area contributed by atoms with Crippen molar-refractivity contribution >= 4 is 11.8 Å². The number of carbonyl (C=O) groups is 2. The van der Waals surface area contributed by atoms with Gasteiger partial charge in [0.05, 0.1) is 0 Å². The molecule has 0 bridgehead atoms. The Morgan fingerprint density at radius 3 is 2.24 bits per heavy atom. The molecule has 5 N–H and O–H groups in total. The van der Waals surface area contributed by atoms with Crippen LogP contribution in [0.15, 0.2) is 0 Å². The predicted octanol–water partition coefficient (Wildman–Crippen LogP) is 1.55. The van der Waals surface area contributed by atoms with E-state index in [1.807, 2.05) is 0 Å². The van der Waals surface area contributed by atoms with E-state index in [0.29, 0.717) is 24.8 Å². The average molecular weight is 297 g/mol. The van der Waals surface area contributed by atoms with E-state index in [1.165, 1.54) is 0 Å². The second-order valence-corrected chi connectivity index (χ2v) is 6.64. The lowest BCUT2D eigenvalue weighted by atomic mass is 9.85. The van der Waals surface area contributed by atoms with Crippen LogP contribution in [0.5, 0.6) is 0 Å². The van der Waals surface area contributed by atoms with Crippen LogP contribution in [-0.2, 0) is 9.59 Å². The molecule has 1 fully saturated rings. The summed E-state index contributed by atoms with van der Waals surface area (Å²) in [5.74, 6) is 0.994. The number of amides is 2. The Bertz CT molecular complexity index is 336. The van der Waals surface area contributed by atoms with Gasteiger partial charge in [-0.3, -0.25) is 9.59 Å². The van der Waals surface area contributed by atoms with E-state index in [1.54, 1.807) is 0 Å². The number of nitrogens with two attached hydrogens (primary N) is 2. The number of rotatable bonds is 8. The molecule has 1 rings (SSSR count). The molecule has 21 heavy (non-hydrogen) atoms. The molecular formula is C16H31N3O2. The average Bonchev–Trinajstić information content (AvgIpc) is 2.43. The van der Waals surface area contributed by atoms with Crippen LogP contribution in [0.25, 0.3) is 0 Å². The molecule has 0 spiro atoms. The first kappa shape index (κ1) is 18.0. The summed E-state index contributed by atoms with van der Waals surface area (Å²) >= 11 is 0. The molecule has 0 radical (unpaired) electrons. The standard InChI is InChI=1S/C16H31N3O2/c1-11(2)12(9-10-17)5-8-15(20)19-14-6-3-13(4-7-14)16(18)21/h11-14H,3-10,17H2,1-2H3,(H2,18,21)(H,19,20). The first-order valence-electron chi connectivity index (χ1n) is 8.22. The fourth-order valence-electron chi connectivity index (χ4n) is 3.16. The van der Waals surface area contributed by atoms with Gasteiger partial charge in [0.1, 0.15) is 0 Å². The van der Waals surface area contributed by atoms with Gasteiger partial charge in [-0.2, -0.15) is 0 Å². The smallest absolute Gasteiger partial charge is 0.220 e.